The molecule has 23 heavy (non-hydrogen) atoms. The number of nitrogens with one attached hydrogen (secondary N) is 1. The Morgan fingerprint density at radius 2 is 2.09 bits per heavy atom. The van der Waals surface area contributed by atoms with Crippen molar-refractivity contribution in [3.63, 3.8) is 0 Å². The number of pyridine rings is 1. The summed E-state index contributed by atoms with van der Waals surface area (Å²) in [5.41, 5.74) is 2.03. The number of hydrogen-bond acceptors (Lipinski definition) is 3. The first-order chi connectivity index (χ1) is 11.1. The molecule has 3 rings (SSSR count). The molecule has 1 aromatic carbocycles. The Bertz CT molecular complexity index is 690. The van der Waals surface area contributed by atoms with E-state index in [2.05, 4.69) is 22.1 Å². The fourth-order valence-electron chi connectivity index (χ4n) is 3.39. The highest BCUT2D eigenvalue weighted by Gasteiger charge is 2.29. The van der Waals surface area contributed by atoms with Crippen molar-refractivity contribution in [2.75, 3.05) is 25.0 Å². The molecule has 0 aliphatic carbocycles. The van der Waals surface area contributed by atoms with Gasteiger partial charge in [0.2, 0.25) is 0 Å². The van der Waals surface area contributed by atoms with Gasteiger partial charge in [0, 0.05) is 36.0 Å². The molecule has 122 valence electrons. The lowest BCUT2D eigenvalue weighted by Crippen LogP contribution is -2.28. The van der Waals surface area contributed by atoms with Crippen molar-refractivity contribution in [2.24, 2.45) is 5.92 Å². The van der Waals surface area contributed by atoms with Crippen molar-refractivity contribution in [3.8, 4) is 11.1 Å². The van der Waals surface area contributed by atoms with Gasteiger partial charge in [-0.15, -0.1) is 0 Å². The SMILES string of the molecule is CNCC1CC(C)N(c2cncc(-c3ccc(F)cc3F)c2)C1. The van der Waals surface area contributed by atoms with Gasteiger partial charge in [-0.05, 0) is 51.1 Å². The van der Waals surface area contributed by atoms with E-state index in [0.29, 0.717) is 23.1 Å². The molecule has 1 aliphatic rings. The molecule has 5 heteroatoms. The van der Waals surface area contributed by atoms with Crippen LogP contribution in [0.4, 0.5) is 14.5 Å². The van der Waals surface area contributed by atoms with E-state index >= 15 is 0 Å². The normalized spacial score (nSPS) is 21.0. The molecular formula is C18H21F2N3. The van der Waals surface area contributed by atoms with Crippen LogP contribution in [0.2, 0.25) is 0 Å². The fraction of sp³-hybridized carbons (Fsp3) is 0.389. The van der Waals surface area contributed by atoms with Crippen LogP contribution in [-0.2, 0) is 0 Å². The molecule has 0 bridgehead atoms. The molecule has 3 nitrogen and oxygen atoms in total. The van der Waals surface area contributed by atoms with Crippen molar-refractivity contribution in [1.29, 1.82) is 0 Å². The molecule has 0 radical (unpaired) electrons. The van der Waals surface area contributed by atoms with Crippen LogP contribution in [0.3, 0.4) is 0 Å². The summed E-state index contributed by atoms with van der Waals surface area (Å²) in [7, 11) is 1.97. The van der Waals surface area contributed by atoms with Crippen LogP contribution in [0.1, 0.15) is 13.3 Å². The zero-order valence-electron chi connectivity index (χ0n) is 13.4. The maximum atomic E-state index is 14.0. The smallest absolute Gasteiger partial charge is 0.133 e. The minimum Gasteiger partial charge on any atom is -0.367 e. The summed E-state index contributed by atoms with van der Waals surface area (Å²) in [6.45, 7) is 4.14. The molecule has 1 saturated heterocycles. The number of nitrogens with zero attached hydrogens (tertiary/aromatic N) is 2. The molecule has 0 spiro atoms. The first-order valence-corrected chi connectivity index (χ1v) is 7.90. The Balaban J connectivity index is 1.88. The summed E-state index contributed by atoms with van der Waals surface area (Å²) in [4.78, 5) is 6.56. The predicted molar refractivity (Wildman–Crippen MR) is 88.4 cm³/mol. The van der Waals surface area contributed by atoms with Gasteiger partial charge >= 0.3 is 0 Å². The van der Waals surface area contributed by atoms with Crippen molar-refractivity contribution in [2.45, 2.75) is 19.4 Å². The number of hydrogen-bond donors (Lipinski definition) is 1. The molecule has 1 aromatic heterocycles. The van der Waals surface area contributed by atoms with E-state index in [1.54, 1.807) is 6.20 Å². The van der Waals surface area contributed by atoms with Crippen LogP contribution < -0.4 is 10.2 Å². The zero-order valence-corrected chi connectivity index (χ0v) is 13.4. The second-order valence-electron chi connectivity index (χ2n) is 6.22. The lowest BCUT2D eigenvalue weighted by Gasteiger charge is -2.24. The minimum absolute atomic E-state index is 0.374. The second-order valence-corrected chi connectivity index (χ2v) is 6.22. The summed E-state index contributed by atoms with van der Waals surface area (Å²) < 4.78 is 27.1. The monoisotopic (exact) mass is 317 g/mol. The van der Waals surface area contributed by atoms with Gasteiger partial charge in [-0.2, -0.15) is 0 Å². The van der Waals surface area contributed by atoms with Crippen LogP contribution >= 0.6 is 0 Å². The Kier molecular flexibility index (Phi) is 4.57. The van der Waals surface area contributed by atoms with Gasteiger partial charge in [0.15, 0.2) is 0 Å². The fourth-order valence-corrected chi connectivity index (χ4v) is 3.39. The zero-order chi connectivity index (χ0) is 16.4. The first-order valence-electron chi connectivity index (χ1n) is 7.90. The van der Waals surface area contributed by atoms with Crippen LogP contribution in [0, 0.1) is 17.6 Å². The summed E-state index contributed by atoms with van der Waals surface area (Å²) in [6.07, 6.45) is 4.55. The Labute approximate surface area is 135 Å². The molecule has 2 heterocycles. The summed E-state index contributed by atoms with van der Waals surface area (Å²) >= 11 is 0. The Hall–Kier alpha value is -2.01. The van der Waals surface area contributed by atoms with E-state index in [0.717, 1.165) is 31.3 Å². The maximum absolute atomic E-state index is 14.0. The third-order valence-corrected chi connectivity index (χ3v) is 4.45. The molecule has 0 amide bonds. The highest BCUT2D eigenvalue weighted by atomic mass is 19.1. The van der Waals surface area contributed by atoms with Crippen LogP contribution in [-0.4, -0.2) is 31.2 Å². The average molecular weight is 317 g/mol. The van der Waals surface area contributed by atoms with Crippen molar-refractivity contribution in [1.82, 2.24) is 10.3 Å². The van der Waals surface area contributed by atoms with E-state index in [4.69, 9.17) is 0 Å². The second kappa shape index (κ2) is 6.62. The number of aromatic nitrogens is 1. The predicted octanol–water partition coefficient (Wildman–Crippen LogP) is 3.46. The molecule has 2 aromatic rings. The molecule has 2 unspecified atom stereocenters. The number of rotatable bonds is 4. The quantitative estimate of drug-likeness (QED) is 0.936. The highest BCUT2D eigenvalue weighted by molar-refractivity contribution is 5.68. The minimum atomic E-state index is -0.571. The Morgan fingerprint density at radius 1 is 1.26 bits per heavy atom. The van der Waals surface area contributed by atoms with E-state index in [1.807, 2.05) is 19.3 Å². The van der Waals surface area contributed by atoms with Gasteiger partial charge in [0.25, 0.3) is 0 Å². The summed E-state index contributed by atoms with van der Waals surface area (Å²) in [5, 5.41) is 3.22. The average Bonchev–Trinajstić information content (AvgIpc) is 2.88. The molecule has 1 aliphatic heterocycles. The van der Waals surface area contributed by atoms with Crippen LogP contribution in [0.5, 0.6) is 0 Å². The maximum Gasteiger partial charge on any atom is 0.133 e. The lowest BCUT2D eigenvalue weighted by atomic mass is 10.1. The van der Waals surface area contributed by atoms with Gasteiger partial charge in [-0.3, -0.25) is 4.98 Å². The van der Waals surface area contributed by atoms with Gasteiger partial charge in [0.1, 0.15) is 11.6 Å². The van der Waals surface area contributed by atoms with Gasteiger partial charge in [-0.25, -0.2) is 8.78 Å². The molecule has 2 atom stereocenters. The van der Waals surface area contributed by atoms with E-state index in [1.165, 1.54) is 12.1 Å². The topological polar surface area (TPSA) is 28.2 Å². The molecule has 1 fully saturated rings. The molecule has 0 saturated carbocycles. The first kappa shape index (κ1) is 15.9. The third-order valence-electron chi connectivity index (χ3n) is 4.45. The van der Waals surface area contributed by atoms with Crippen molar-refractivity contribution < 1.29 is 8.78 Å². The molecule has 1 N–H and O–H groups in total. The van der Waals surface area contributed by atoms with Gasteiger partial charge in [0.05, 0.1) is 11.9 Å². The summed E-state index contributed by atoms with van der Waals surface area (Å²) in [6, 6.07) is 5.99. The number of halogens is 2. The Morgan fingerprint density at radius 3 is 2.83 bits per heavy atom. The summed E-state index contributed by atoms with van der Waals surface area (Å²) in [5.74, 6) is -0.536. The van der Waals surface area contributed by atoms with Gasteiger partial charge in [-0.1, -0.05) is 0 Å². The number of anilines is 1. The van der Waals surface area contributed by atoms with Crippen molar-refractivity contribution in [3.05, 3.63) is 48.3 Å². The van der Waals surface area contributed by atoms with E-state index < -0.39 is 11.6 Å². The van der Waals surface area contributed by atoms with E-state index in [9.17, 15) is 8.78 Å². The van der Waals surface area contributed by atoms with Crippen LogP contribution in [0.25, 0.3) is 11.1 Å². The lowest BCUT2D eigenvalue weighted by molar-refractivity contribution is 0.533. The van der Waals surface area contributed by atoms with E-state index in [-0.39, 0.29) is 0 Å². The van der Waals surface area contributed by atoms with Crippen LogP contribution in [0.15, 0.2) is 36.7 Å². The highest BCUT2D eigenvalue weighted by Crippen LogP contribution is 2.31. The van der Waals surface area contributed by atoms with Crippen molar-refractivity contribution >= 4 is 5.69 Å². The van der Waals surface area contributed by atoms with Gasteiger partial charge < -0.3 is 10.2 Å². The largest absolute Gasteiger partial charge is 0.367 e. The third kappa shape index (κ3) is 3.34. The number of benzene rings is 1. The molecular weight excluding hydrogens is 296 g/mol. The standard InChI is InChI=1S/C18H21F2N3/c1-12-5-13(8-21-2)11-23(12)16-6-14(9-22-10-16)17-4-3-15(19)7-18(17)20/h3-4,6-7,9-10,12-13,21H,5,8,11H2,1-2H3.